The van der Waals surface area contributed by atoms with Gasteiger partial charge in [0.05, 0.1) is 33.0 Å². The van der Waals surface area contributed by atoms with E-state index in [9.17, 15) is 0 Å². The van der Waals surface area contributed by atoms with Gasteiger partial charge in [0.15, 0.2) is 5.96 Å². The van der Waals surface area contributed by atoms with Crippen LogP contribution in [0.2, 0.25) is 0 Å². The van der Waals surface area contributed by atoms with E-state index in [1.54, 1.807) is 0 Å². The SMILES string of the molecule is CCCOc1cc(C)ccc1CN=C(NCC)NCC(C1CCOC1)N1CCOCC1.I. The van der Waals surface area contributed by atoms with Gasteiger partial charge in [0.1, 0.15) is 5.75 Å². The van der Waals surface area contributed by atoms with Gasteiger partial charge in [-0.05, 0) is 38.3 Å². The highest BCUT2D eigenvalue weighted by atomic mass is 127. The first-order valence-electron chi connectivity index (χ1n) is 11.8. The number of morpholine rings is 1. The molecule has 0 bridgehead atoms. The molecule has 182 valence electrons. The summed E-state index contributed by atoms with van der Waals surface area (Å²) in [6.45, 7) is 14.6. The molecule has 2 aliphatic rings. The molecule has 2 fully saturated rings. The van der Waals surface area contributed by atoms with Gasteiger partial charge in [-0.1, -0.05) is 19.1 Å². The predicted octanol–water partition coefficient (Wildman–Crippen LogP) is 3.19. The van der Waals surface area contributed by atoms with E-state index in [1.807, 2.05) is 0 Å². The van der Waals surface area contributed by atoms with Crippen LogP contribution in [0.25, 0.3) is 0 Å². The molecule has 0 radical (unpaired) electrons. The normalized spacial score (nSPS) is 20.5. The van der Waals surface area contributed by atoms with E-state index in [4.69, 9.17) is 19.2 Å². The molecule has 0 spiro atoms. The number of benzene rings is 1. The van der Waals surface area contributed by atoms with Crippen molar-refractivity contribution in [2.75, 3.05) is 59.2 Å². The molecule has 0 aliphatic carbocycles. The Kier molecular flexibility index (Phi) is 12.7. The smallest absolute Gasteiger partial charge is 0.191 e. The average molecular weight is 561 g/mol. The summed E-state index contributed by atoms with van der Waals surface area (Å²) in [6, 6.07) is 6.78. The molecular formula is C24H41IN4O3. The largest absolute Gasteiger partial charge is 0.493 e. The molecule has 2 saturated heterocycles. The molecule has 0 aromatic heterocycles. The minimum Gasteiger partial charge on any atom is -0.493 e. The lowest BCUT2D eigenvalue weighted by molar-refractivity contribution is 0.00246. The molecule has 1 aromatic carbocycles. The predicted molar refractivity (Wildman–Crippen MR) is 140 cm³/mol. The Bertz CT molecular complexity index is 692. The number of hydrogen-bond donors (Lipinski definition) is 2. The van der Waals surface area contributed by atoms with Crippen molar-refractivity contribution in [2.45, 2.75) is 46.2 Å². The van der Waals surface area contributed by atoms with E-state index in [1.165, 1.54) is 5.56 Å². The van der Waals surface area contributed by atoms with Crippen molar-refractivity contribution in [3.05, 3.63) is 29.3 Å². The first-order chi connectivity index (χ1) is 15.2. The van der Waals surface area contributed by atoms with Crippen molar-refractivity contribution in [1.29, 1.82) is 0 Å². The number of rotatable bonds is 10. The second-order valence-corrected chi connectivity index (χ2v) is 8.38. The van der Waals surface area contributed by atoms with E-state index in [-0.39, 0.29) is 24.0 Å². The van der Waals surface area contributed by atoms with Crippen molar-refractivity contribution in [1.82, 2.24) is 15.5 Å². The molecule has 2 unspecified atom stereocenters. The lowest BCUT2D eigenvalue weighted by Gasteiger charge is -2.37. The number of aliphatic imine (C=N–C) groups is 1. The van der Waals surface area contributed by atoms with Gasteiger partial charge in [-0.25, -0.2) is 4.99 Å². The lowest BCUT2D eigenvalue weighted by Crippen LogP contribution is -2.53. The highest BCUT2D eigenvalue weighted by Gasteiger charge is 2.31. The third-order valence-electron chi connectivity index (χ3n) is 5.94. The Hall–Kier alpha value is -1.10. The fraction of sp³-hybridized carbons (Fsp3) is 0.708. The van der Waals surface area contributed by atoms with Gasteiger partial charge in [0.25, 0.3) is 0 Å². The molecular weight excluding hydrogens is 519 g/mol. The van der Waals surface area contributed by atoms with Gasteiger partial charge >= 0.3 is 0 Å². The Labute approximate surface area is 210 Å². The van der Waals surface area contributed by atoms with E-state index >= 15 is 0 Å². The van der Waals surface area contributed by atoms with Crippen molar-refractivity contribution in [2.24, 2.45) is 10.9 Å². The van der Waals surface area contributed by atoms with Crippen LogP contribution in [0.15, 0.2) is 23.2 Å². The highest BCUT2D eigenvalue weighted by Crippen LogP contribution is 2.23. The van der Waals surface area contributed by atoms with Gasteiger partial charge < -0.3 is 24.8 Å². The van der Waals surface area contributed by atoms with Gasteiger partial charge in [-0.3, -0.25) is 4.90 Å². The number of nitrogens with zero attached hydrogens (tertiary/aromatic N) is 2. The number of ether oxygens (including phenoxy) is 3. The topological polar surface area (TPSA) is 67.3 Å². The zero-order chi connectivity index (χ0) is 21.9. The monoisotopic (exact) mass is 560 g/mol. The number of aryl methyl sites for hydroxylation is 1. The Morgan fingerprint density at radius 1 is 1.19 bits per heavy atom. The fourth-order valence-corrected chi connectivity index (χ4v) is 4.21. The summed E-state index contributed by atoms with van der Waals surface area (Å²) in [7, 11) is 0. The quantitative estimate of drug-likeness (QED) is 0.261. The molecule has 2 aliphatic heterocycles. The van der Waals surface area contributed by atoms with Crippen molar-refractivity contribution >= 4 is 29.9 Å². The summed E-state index contributed by atoms with van der Waals surface area (Å²) in [4.78, 5) is 7.42. The Balaban J connectivity index is 0.00000363. The molecule has 3 rings (SSSR count). The zero-order valence-electron chi connectivity index (χ0n) is 19.9. The number of nitrogens with one attached hydrogen (secondary N) is 2. The van der Waals surface area contributed by atoms with Gasteiger partial charge in [-0.2, -0.15) is 0 Å². The minimum atomic E-state index is 0. The van der Waals surface area contributed by atoms with Crippen LogP contribution < -0.4 is 15.4 Å². The number of guanidine groups is 1. The molecule has 7 nitrogen and oxygen atoms in total. The van der Waals surface area contributed by atoms with Crippen LogP contribution in [0, 0.1) is 12.8 Å². The van der Waals surface area contributed by atoms with Crippen molar-refractivity contribution < 1.29 is 14.2 Å². The second-order valence-electron chi connectivity index (χ2n) is 8.38. The third kappa shape index (κ3) is 8.35. The second kappa shape index (κ2) is 14.9. The van der Waals surface area contributed by atoms with Crippen LogP contribution in [0.5, 0.6) is 5.75 Å². The number of halogens is 1. The molecule has 32 heavy (non-hydrogen) atoms. The van der Waals surface area contributed by atoms with E-state index < -0.39 is 0 Å². The summed E-state index contributed by atoms with van der Waals surface area (Å²) in [5.41, 5.74) is 2.32. The van der Waals surface area contributed by atoms with E-state index in [0.29, 0.717) is 18.5 Å². The lowest BCUT2D eigenvalue weighted by atomic mass is 9.97. The van der Waals surface area contributed by atoms with Gasteiger partial charge in [0.2, 0.25) is 0 Å². The summed E-state index contributed by atoms with van der Waals surface area (Å²) >= 11 is 0. The molecule has 2 atom stereocenters. The standard InChI is InChI=1S/C24H40N4O3.HI/c1-4-11-31-23-15-19(3)6-7-20(23)16-26-24(25-5-2)27-17-22(21-8-12-30-18-21)28-9-13-29-14-10-28;/h6-7,15,21-22H,4-5,8-14,16-18H2,1-3H3,(H2,25,26,27);1H. The maximum Gasteiger partial charge on any atom is 0.191 e. The van der Waals surface area contributed by atoms with E-state index in [2.05, 4.69) is 54.5 Å². The molecule has 0 amide bonds. The maximum atomic E-state index is 5.96. The maximum absolute atomic E-state index is 5.96. The van der Waals surface area contributed by atoms with E-state index in [0.717, 1.165) is 89.3 Å². The van der Waals surface area contributed by atoms with Crippen LogP contribution >= 0.6 is 24.0 Å². The average Bonchev–Trinajstić information content (AvgIpc) is 3.32. The fourth-order valence-electron chi connectivity index (χ4n) is 4.21. The zero-order valence-corrected chi connectivity index (χ0v) is 22.2. The molecule has 1 aromatic rings. The molecule has 2 N–H and O–H groups in total. The Morgan fingerprint density at radius 2 is 2.00 bits per heavy atom. The first-order valence-corrected chi connectivity index (χ1v) is 11.8. The van der Waals surface area contributed by atoms with Crippen LogP contribution in [-0.2, 0) is 16.0 Å². The summed E-state index contributed by atoms with van der Waals surface area (Å²) < 4.78 is 17.2. The molecule has 0 saturated carbocycles. The first kappa shape index (κ1) is 27.1. The minimum absolute atomic E-state index is 0. The summed E-state index contributed by atoms with van der Waals surface area (Å²) in [5.74, 6) is 2.34. The van der Waals surface area contributed by atoms with Crippen molar-refractivity contribution in [3.63, 3.8) is 0 Å². The van der Waals surface area contributed by atoms with Gasteiger partial charge in [-0.15, -0.1) is 24.0 Å². The highest BCUT2D eigenvalue weighted by molar-refractivity contribution is 14.0. The van der Waals surface area contributed by atoms with Crippen LogP contribution in [0.1, 0.15) is 37.8 Å². The van der Waals surface area contributed by atoms with Crippen LogP contribution in [0.4, 0.5) is 0 Å². The number of hydrogen-bond acceptors (Lipinski definition) is 5. The summed E-state index contributed by atoms with van der Waals surface area (Å²) in [6.07, 6.45) is 2.12. The van der Waals surface area contributed by atoms with Crippen LogP contribution in [0.3, 0.4) is 0 Å². The third-order valence-corrected chi connectivity index (χ3v) is 5.94. The Morgan fingerprint density at radius 3 is 2.69 bits per heavy atom. The van der Waals surface area contributed by atoms with Gasteiger partial charge in [0, 0.05) is 50.3 Å². The molecule has 2 heterocycles. The van der Waals surface area contributed by atoms with Crippen LogP contribution in [-0.4, -0.2) is 76.1 Å². The molecule has 8 heteroatoms. The van der Waals surface area contributed by atoms with Crippen molar-refractivity contribution in [3.8, 4) is 5.75 Å². The summed E-state index contributed by atoms with van der Waals surface area (Å²) in [5, 5.41) is 7.00.